The first-order valence-electron chi connectivity index (χ1n) is 7.76. The van der Waals surface area contributed by atoms with Gasteiger partial charge >= 0.3 is 0 Å². The molecule has 1 aliphatic heterocycles. The van der Waals surface area contributed by atoms with Crippen molar-refractivity contribution in [3.63, 3.8) is 0 Å². The molecule has 1 aromatic carbocycles. The summed E-state index contributed by atoms with van der Waals surface area (Å²) in [6.07, 6.45) is 6.13. The second-order valence-corrected chi connectivity index (χ2v) is 6.20. The minimum Gasteiger partial charge on any atom is -0.480 e. The van der Waals surface area contributed by atoms with Crippen LogP contribution >= 0.6 is 0 Å². The molecule has 0 saturated carbocycles. The Morgan fingerprint density at radius 3 is 2.36 bits per heavy atom. The molecule has 0 bridgehead atoms. The fourth-order valence-corrected chi connectivity index (χ4v) is 2.47. The van der Waals surface area contributed by atoms with Crippen molar-refractivity contribution in [2.75, 3.05) is 19.0 Å². The van der Waals surface area contributed by atoms with E-state index in [0.29, 0.717) is 17.6 Å². The van der Waals surface area contributed by atoms with Crippen LogP contribution in [0.3, 0.4) is 0 Å². The van der Waals surface area contributed by atoms with Crippen molar-refractivity contribution in [3.8, 4) is 12.1 Å². The van der Waals surface area contributed by atoms with Gasteiger partial charge in [0, 0.05) is 26.2 Å². The summed E-state index contributed by atoms with van der Waals surface area (Å²) in [5, 5.41) is 18.2. The SMILES string of the molecule is CN(C)c1ccc(C=CC2=CC(=C(C#N)C#N)CC(C)(C=O)O2)cc1. The molecule has 1 aliphatic rings. The van der Waals surface area contributed by atoms with E-state index in [1.54, 1.807) is 19.1 Å². The van der Waals surface area contributed by atoms with E-state index in [1.807, 2.05) is 61.5 Å². The molecule has 25 heavy (non-hydrogen) atoms. The third-order valence-electron chi connectivity index (χ3n) is 3.85. The molecule has 0 aromatic heterocycles. The minimum absolute atomic E-state index is 0.00221. The summed E-state index contributed by atoms with van der Waals surface area (Å²) >= 11 is 0. The van der Waals surface area contributed by atoms with Crippen LogP contribution in [0.25, 0.3) is 6.08 Å². The number of ether oxygens (including phenoxy) is 1. The molecular formula is C20H19N3O2. The molecule has 0 N–H and O–H groups in total. The van der Waals surface area contributed by atoms with Gasteiger partial charge in [-0.05, 0) is 42.3 Å². The maximum Gasteiger partial charge on any atom is 0.165 e. The summed E-state index contributed by atoms with van der Waals surface area (Å²) in [5.41, 5.74) is 1.49. The lowest BCUT2D eigenvalue weighted by atomic mass is 9.91. The van der Waals surface area contributed by atoms with Gasteiger partial charge in [-0.15, -0.1) is 0 Å². The zero-order chi connectivity index (χ0) is 18.4. The first-order chi connectivity index (χ1) is 11.9. The summed E-state index contributed by atoms with van der Waals surface area (Å²) in [7, 11) is 3.95. The van der Waals surface area contributed by atoms with Gasteiger partial charge in [-0.2, -0.15) is 10.5 Å². The van der Waals surface area contributed by atoms with Gasteiger partial charge in [0.05, 0.1) is 0 Å². The molecule has 0 amide bonds. The van der Waals surface area contributed by atoms with Crippen LogP contribution in [0, 0.1) is 22.7 Å². The van der Waals surface area contributed by atoms with Gasteiger partial charge in [0.25, 0.3) is 0 Å². The molecule has 126 valence electrons. The first-order valence-corrected chi connectivity index (χ1v) is 7.76. The molecule has 0 aliphatic carbocycles. The molecule has 5 heteroatoms. The van der Waals surface area contributed by atoms with Crippen molar-refractivity contribution in [1.29, 1.82) is 10.5 Å². The molecule has 0 saturated heterocycles. The van der Waals surface area contributed by atoms with Crippen molar-refractivity contribution >= 4 is 18.0 Å². The monoisotopic (exact) mass is 333 g/mol. The molecule has 5 nitrogen and oxygen atoms in total. The third kappa shape index (κ3) is 4.37. The number of rotatable bonds is 4. The van der Waals surface area contributed by atoms with Crippen LogP contribution < -0.4 is 4.90 Å². The van der Waals surface area contributed by atoms with E-state index >= 15 is 0 Å². The van der Waals surface area contributed by atoms with E-state index in [1.165, 1.54) is 0 Å². The molecule has 1 atom stereocenters. The van der Waals surface area contributed by atoms with Gasteiger partial charge in [-0.25, -0.2) is 0 Å². The Bertz CT molecular complexity index is 817. The molecule has 1 unspecified atom stereocenters. The normalized spacial score (nSPS) is 19.4. The quantitative estimate of drug-likeness (QED) is 0.623. The Labute approximate surface area is 147 Å². The predicted octanol–water partition coefficient (Wildman–Crippen LogP) is 3.37. The summed E-state index contributed by atoms with van der Waals surface area (Å²) in [4.78, 5) is 13.4. The maximum atomic E-state index is 11.4. The number of benzene rings is 1. The molecule has 1 heterocycles. The highest BCUT2D eigenvalue weighted by atomic mass is 16.5. The largest absolute Gasteiger partial charge is 0.480 e. The average molecular weight is 333 g/mol. The van der Waals surface area contributed by atoms with E-state index < -0.39 is 5.60 Å². The van der Waals surface area contributed by atoms with Crippen LogP contribution in [-0.2, 0) is 9.53 Å². The highest BCUT2D eigenvalue weighted by molar-refractivity contribution is 5.66. The lowest BCUT2D eigenvalue weighted by Gasteiger charge is -2.30. The number of aldehydes is 1. The number of hydrogen-bond donors (Lipinski definition) is 0. The zero-order valence-corrected chi connectivity index (χ0v) is 14.5. The standard InChI is InChI=1S/C20H19N3O2/c1-20(14-24)11-16(17(12-21)13-22)10-19(25-20)9-6-15-4-7-18(8-5-15)23(2)3/h4-10,14H,11H2,1-3H3. The van der Waals surface area contributed by atoms with Gasteiger partial charge in [0.1, 0.15) is 23.5 Å². The second kappa shape index (κ2) is 7.51. The molecule has 0 fully saturated rings. The molecule has 2 rings (SSSR count). The Kier molecular flexibility index (Phi) is 5.41. The van der Waals surface area contributed by atoms with Crippen LogP contribution in [0.5, 0.6) is 0 Å². The van der Waals surface area contributed by atoms with E-state index in [-0.39, 0.29) is 12.0 Å². The Morgan fingerprint density at radius 2 is 1.84 bits per heavy atom. The van der Waals surface area contributed by atoms with Gasteiger partial charge in [-0.1, -0.05) is 18.2 Å². The summed E-state index contributed by atoms with van der Waals surface area (Å²) in [6, 6.07) is 11.7. The summed E-state index contributed by atoms with van der Waals surface area (Å²) in [5.74, 6) is 0.440. The van der Waals surface area contributed by atoms with Gasteiger partial charge < -0.3 is 9.64 Å². The van der Waals surface area contributed by atoms with Crippen molar-refractivity contribution in [3.05, 3.63) is 58.9 Å². The third-order valence-corrected chi connectivity index (χ3v) is 3.85. The predicted molar refractivity (Wildman–Crippen MR) is 96.3 cm³/mol. The van der Waals surface area contributed by atoms with Gasteiger partial charge in [0.2, 0.25) is 0 Å². The van der Waals surface area contributed by atoms with Gasteiger partial charge in [0.15, 0.2) is 11.9 Å². The Balaban J connectivity index is 2.33. The number of nitrogens with zero attached hydrogens (tertiary/aromatic N) is 3. The highest BCUT2D eigenvalue weighted by Crippen LogP contribution is 2.31. The van der Waals surface area contributed by atoms with E-state index in [0.717, 1.165) is 11.3 Å². The average Bonchev–Trinajstić information content (AvgIpc) is 2.61. The number of carbonyl (C=O) groups excluding carboxylic acids is 1. The lowest BCUT2D eigenvalue weighted by molar-refractivity contribution is -0.124. The van der Waals surface area contributed by atoms with Crippen molar-refractivity contribution in [1.82, 2.24) is 0 Å². The molecule has 0 radical (unpaired) electrons. The fraction of sp³-hybridized carbons (Fsp3) is 0.250. The van der Waals surface area contributed by atoms with E-state index in [9.17, 15) is 4.79 Å². The number of hydrogen-bond acceptors (Lipinski definition) is 5. The summed E-state index contributed by atoms with van der Waals surface area (Å²) < 4.78 is 5.72. The van der Waals surface area contributed by atoms with Crippen LogP contribution in [0.1, 0.15) is 18.9 Å². The van der Waals surface area contributed by atoms with Crippen LogP contribution in [0.4, 0.5) is 5.69 Å². The van der Waals surface area contributed by atoms with E-state index in [2.05, 4.69) is 0 Å². The van der Waals surface area contributed by atoms with Crippen LogP contribution in [0.15, 0.2) is 53.3 Å². The highest BCUT2D eigenvalue weighted by Gasteiger charge is 2.32. The lowest BCUT2D eigenvalue weighted by Crippen LogP contribution is -2.33. The number of nitriles is 2. The molecule has 1 aromatic rings. The van der Waals surface area contributed by atoms with Crippen molar-refractivity contribution in [2.45, 2.75) is 18.9 Å². The summed E-state index contributed by atoms with van der Waals surface area (Å²) in [6.45, 7) is 1.64. The topological polar surface area (TPSA) is 77.1 Å². The van der Waals surface area contributed by atoms with Gasteiger partial charge in [-0.3, -0.25) is 4.79 Å². The van der Waals surface area contributed by atoms with E-state index in [4.69, 9.17) is 15.3 Å². The number of allylic oxidation sites excluding steroid dienone is 3. The molecular weight excluding hydrogens is 314 g/mol. The number of anilines is 1. The van der Waals surface area contributed by atoms with Crippen molar-refractivity contribution < 1.29 is 9.53 Å². The fourth-order valence-electron chi connectivity index (χ4n) is 2.47. The minimum atomic E-state index is -1.09. The van der Waals surface area contributed by atoms with Crippen LogP contribution in [0.2, 0.25) is 0 Å². The Hall–Kier alpha value is -3.31. The zero-order valence-electron chi connectivity index (χ0n) is 14.5. The first kappa shape index (κ1) is 18.0. The smallest absolute Gasteiger partial charge is 0.165 e. The van der Waals surface area contributed by atoms with Crippen LogP contribution in [-0.4, -0.2) is 26.0 Å². The number of carbonyl (C=O) groups is 1. The second-order valence-electron chi connectivity index (χ2n) is 6.20. The molecule has 0 spiro atoms. The maximum absolute atomic E-state index is 11.4. The Morgan fingerprint density at radius 1 is 1.20 bits per heavy atom. The van der Waals surface area contributed by atoms with Crippen molar-refractivity contribution in [2.24, 2.45) is 0 Å².